The first kappa shape index (κ1) is 17.9. The van der Waals surface area contributed by atoms with Gasteiger partial charge >= 0.3 is 5.97 Å². The third kappa shape index (κ3) is 3.85. The number of rotatable bonds is 6. The largest absolute Gasteiger partial charge is 0.508 e. The lowest BCUT2D eigenvalue weighted by Gasteiger charge is -2.19. The van der Waals surface area contributed by atoms with Crippen LogP contribution >= 0.6 is 0 Å². The number of phenols is 1. The van der Waals surface area contributed by atoms with E-state index < -0.39 is 0 Å². The average molecular weight is 358 g/mol. The second-order valence-corrected chi connectivity index (χ2v) is 6.33. The molecule has 0 aliphatic carbocycles. The smallest absolute Gasteiger partial charge is 0.306 e. The number of carbonyl (C=O) groups is 1. The van der Waals surface area contributed by atoms with Gasteiger partial charge in [0.05, 0.1) is 19.6 Å². The summed E-state index contributed by atoms with van der Waals surface area (Å²) in [6.45, 7) is 4.03. The molecular weight excluding hydrogens is 336 g/mol. The van der Waals surface area contributed by atoms with Crippen molar-refractivity contribution in [2.24, 2.45) is 0 Å². The van der Waals surface area contributed by atoms with Crippen LogP contribution in [0.1, 0.15) is 37.3 Å². The van der Waals surface area contributed by atoms with Crippen molar-refractivity contribution < 1.29 is 28.8 Å². The summed E-state index contributed by atoms with van der Waals surface area (Å²) >= 11 is 0. The Hall–Kier alpha value is -2.89. The van der Waals surface area contributed by atoms with Crippen LogP contribution in [-0.2, 0) is 9.53 Å². The Morgan fingerprint density at radius 3 is 2.42 bits per heavy atom. The molecule has 1 aliphatic rings. The van der Waals surface area contributed by atoms with Gasteiger partial charge in [0.1, 0.15) is 11.5 Å². The zero-order valence-electron chi connectivity index (χ0n) is 15.0. The van der Waals surface area contributed by atoms with Crippen LogP contribution in [0.3, 0.4) is 0 Å². The molecule has 1 aliphatic heterocycles. The van der Waals surface area contributed by atoms with Gasteiger partial charge in [-0.3, -0.25) is 4.79 Å². The number of esters is 1. The molecule has 26 heavy (non-hydrogen) atoms. The first-order valence-electron chi connectivity index (χ1n) is 8.44. The maximum Gasteiger partial charge on any atom is 0.306 e. The normalized spacial score (nSPS) is 13.5. The third-order valence-electron chi connectivity index (χ3n) is 4.15. The van der Waals surface area contributed by atoms with Crippen molar-refractivity contribution in [2.75, 3.05) is 13.9 Å². The van der Waals surface area contributed by atoms with Gasteiger partial charge in [0.2, 0.25) is 6.79 Å². The molecule has 0 fully saturated rings. The highest BCUT2D eigenvalue weighted by Gasteiger charge is 2.26. The van der Waals surface area contributed by atoms with Gasteiger partial charge in [-0.2, -0.15) is 0 Å². The molecule has 2 aromatic carbocycles. The lowest BCUT2D eigenvalue weighted by Crippen LogP contribution is -2.11. The summed E-state index contributed by atoms with van der Waals surface area (Å²) in [7, 11) is 1.35. The number of benzene rings is 2. The van der Waals surface area contributed by atoms with E-state index in [4.69, 9.17) is 18.9 Å². The van der Waals surface area contributed by atoms with E-state index in [0.717, 1.165) is 11.3 Å². The van der Waals surface area contributed by atoms with E-state index in [9.17, 15) is 9.90 Å². The van der Waals surface area contributed by atoms with Crippen molar-refractivity contribution in [3.05, 3.63) is 47.5 Å². The van der Waals surface area contributed by atoms with Gasteiger partial charge in [0.25, 0.3) is 0 Å². The minimum atomic E-state index is -0.384. The van der Waals surface area contributed by atoms with Crippen molar-refractivity contribution in [3.8, 4) is 23.0 Å². The molecule has 0 radical (unpaired) electrons. The Bertz CT molecular complexity index is 782. The Balaban J connectivity index is 1.97. The van der Waals surface area contributed by atoms with Crippen molar-refractivity contribution in [2.45, 2.75) is 32.3 Å². The molecule has 0 unspecified atom stereocenters. The minimum Gasteiger partial charge on any atom is -0.508 e. The van der Waals surface area contributed by atoms with Gasteiger partial charge in [-0.15, -0.1) is 0 Å². The standard InChI is InChI=1S/C20H22O6/c1-12(2)26-14-6-4-13(5-7-14)15(9-20(22)23-3)16-8-18-19(10-17(16)21)25-11-24-18/h4-8,10,12,15,21H,9,11H2,1-3H3/t15-/m1/s1. The molecule has 0 saturated heterocycles. The average Bonchev–Trinajstić information content (AvgIpc) is 3.06. The molecule has 0 amide bonds. The highest BCUT2D eigenvalue weighted by atomic mass is 16.7. The van der Waals surface area contributed by atoms with Crippen molar-refractivity contribution in [3.63, 3.8) is 0 Å². The van der Waals surface area contributed by atoms with Crippen LogP contribution in [0.4, 0.5) is 0 Å². The Morgan fingerprint density at radius 2 is 1.81 bits per heavy atom. The first-order valence-corrected chi connectivity index (χ1v) is 8.44. The fraction of sp³-hybridized carbons (Fsp3) is 0.350. The number of ether oxygens (including phenoxy) is 4. The lowest BCUT2D eigenvalue weighted by molar-refractivity contribution is -0.140. The summed E-state index contributed by atoms with van der Waals surface area (Å²) < 4.78 is 21.2. The maximum atomic E-state index is 11.9. The Morgan fingerprint density at radius 1 is 1.15 bits per heavy atom. The molecule has 138 valence electrons. The second-order valence-electron chi connectivity index (χ2n) is 6.33. The Kier molecular flexibility index (Phi) is 5.21. The predicted octanol–water partition coefficient (Wildman–Crippen LogP) is 3.60. The molecule has 3 rings (SSSR count). The van der Waals surface area contributed by atoms with E-state index >= 15 is 0 Å². The Labute approximate surface area is 152 Å². The molecule has 1 heterocycles. The molecule has 1 atom stereocenters. The van der Waals surface area contributed by atoms with E-state index in [1.165, 1.54) is 13.2 Å². The van der Waals surface area contributed by atoms with Crippen LogP contribution in [0.25, 0.3) is 0 Å². The minimum absolute atomic E-state index is 0.0469. The van der Waals surface area contributed by atoms with Crippen molar-refractivity contribution >= 4 is 5.97 Å². The van der Waals surface area contributed by atoms with Gasteiger partial charge in [-0.25, -0.2) is 0 Å². The van der Waals surface area contributed by atoms with Crippen molar-refractivity contribution in [1.82, 2.24) is 0 Å². The van der Waals surface area contributed by atoms with Crippen LogP contribution in [0.15, 0.2) is 36.4 Å². The number of hydrogen-bond acceptors (Lipinski definition) is 6. The molecule has 0 bridgehead atoms. The van der Waals surface area contributed by atoms with E-state index in [-0.39, 0.29) is 37.0 Å². The fourth-order valence-electron chi connectivity index (χ4n) is 2.93. The predicted molar refractivity (Wildman–Crippen MR) is 94.9 cm³/mol. The number of fused-ring (bicyclic) bond motifs is 1. The van der Waals surface area contributed by atoms with Crippen LogP contribution in [0.2, 0.25) is 0 Å². The van der Waals surface area contributed by atoms with Crippen LogP contribution in [0, 0.1) is 0 Å². The molecule has 0 spiro atoms. The molecule has 6 heteroatoms. The van der Waals surface area contributed by atoms with Gasteiger partial charge in [-0.1, -0.05) is 12.1 Å². The summed E-state index contributed by atoms with van der Waals surface area (Å²) in [5, 5.41) is 10.5. The summed E-state index contributed by atoms with van der Waals surface area (Å²) in [5.41, 5.74) is 1.44. The fourth-order valence-corrected chi connectivity index (χ4v) is 2.93. The van der Waals surface area contributed by atoms with Crippen LogP contribution < -0.4 is 14.2 Å². The lowest BCUT2D eigenvalue weighted by atomic mass is 9.87. The van der Waals surface area contributed by atoms with Crippen molar-refractivity contribution in [1.29, 1.82) is 0 Å². The van der Waals surface area contributed by atoms with Gasteiger partial charge in [-0.05, 0) is 37.6 Å². The second kappa shape index (κ2) is 7.56. The number of hydrogen-bond donors (Lipinski definition) is 1. The highest BCUT2D eigenvalue weighted by Crippen LogP contribution is 2.43. The summed E-state index contributed by atoms with van der Waals surface area (Å²) in [4.78, 5) is 11.9. The quantitative estimate of drug-likeness (QED) is 0.795. The van der Waals surface area contributed by atoms with E-state index in [1.807, 2.05) is 38.1 Å². The topological polar surface area (TPSA) is 74.2 Å². The van der Waals surface area contributed by atoms with Crippen LogP contribution in [0.5, 0.6) is 23.0 Å². The van der Waals surface area contributed by atoms with E-state index in [1.54, 1.807) is 6.07 Å². The number of methoxy groups -OCH3 is 1. The maximum absolute atomic E-state index is 11.9. The number of phenolic OH excluding ortho intramolecular Hbond substituents is 1. The highest BCUT2D eigenvalue weighted by molar-refractivity contribution is 5.72. The van der Waals surface area contributed by atoms with Gasteiger partial charge in [0, 0.05) is 17.5 Å². The monoisotopic (exact) mass is 358 g/mol. The number of aromatic hydroxyl groups is 1. The third-order valence-corrected chi connectivity index (χ3v) is 4.15. The molecule has 0 saturated carbocycles. The molecular formula is C20H22O6. The van der Waals surface area contributed by atoms with Gasteiger partial charge in [0.15, 0.2) is 11.5 Å². The number of carbonyl (C=O) groups excluding carboxylic acids is 1. The molecule has 1 N–H and O–H groups in total. The first-order chi connectivity index (χ1) is 12.5. The van der Waals surface area contributed by atoms with E-state index in [0.29, 0.717) is 17.1 Å². The SMILES string of the molecule is COC(=O)C[C@H](c1ccc(OC(C)C)cc1)c1cc2c(cc1O)OCO2. The molecule has 0 aromatic heterocycles. The summed E-state index contributed by atoms with van der Waals surface area (Å²) in [6.07, 6.45) is 0.165. The summed E-state index contributed by atoms with van der Waals surface area (Å²) in [5.74, 6) is 1.08. The molecule has 6 nitrogen and oxygen atoms in total. The summed E-state index contributed by atoms with van der Waals surface area (Å²) in [6, 6.07) is 10.7. The molecule has 2 aromatic rings. The van der Waals surface area contributed by atoms with Crippen LogP contribution in [-0.4, -0.2) is 31.1 Å². The zero-order valence-corrected chi connectivity index (χ0v) is 15.0. The zero-order chi connectivity index (χ0) is 18.7. The van der Waals surface area contributed by atoms with Gasteiger partial charge < -0.3 is 24.1 Å². The van der Waals surface area contributed by atoms with E-state index in [2.05, 4.69) is 0 Å².